The molecular formula is C20H19ClN2O3. The van der Waals surface area contributed by atoms with Crippen LogP contribution in [0.1, 0.15) is 15.9 Å². The molecule has 1 unspecified atom stereocenters. The Kier molecular flexibility index (Phi) is 5.40. The molecule has 0 aliphatic carbocycles. The highest BCUT2D eigenvalue weighted by Gasteiger charge is 2.13. The summed E-state index contributed by atoms with van der Waals surface area (Å²) in [6.45, 7) is 2.25. The number of carboxylic acid groups (broad SMARTS) is 1. The van der Waals surface area contributed by atoms with Crippen molar-refractivity contribution in [2.45, 2.75) is 13.0 Å². The molecule has 0 radical (unpaired) electrons. The van der Waals surface area contributed by atoms with Gasteiger partial charge in [-0.15, -0.1) is 11.6 Å². The third kappa shape index (κ3) is 3.95. The average Bonchev–Trinajstić information content (AvgIpc) is 2.65. The predicted octanol–water partition coefficient (Wildman–Crippen LogP) is 3.92. The molecule has 0 spiro atoms. The maximum Gasteiger partial charge on any atom is 0.336 e. The van der Waals surface area contributed by atoms with Crippen LogP contribution in [0.5, 0.6) is 0 Å². The van der Waals surface area contributed by atoms with Crippen LogP contribution in [0.15, 0.2) is 48.5 Å². The first-order valence-electron chi connectivity index (χ1n) is 8.21. The normalized spacial score (nSPS) is 12.1. The second-order valence-electron chi connectivity index (χ2n) is 6.15. The second kappa shape index (κ2) is 7.72. The summed E-state index contributed by atoms with van der Waals surface area (Å²) < 4.78 is 0. The number of anilines is 1. The number of rotatable bonds is 6. The van der Waals surface area contributed by atoms with E-state index < -0.39 is 12.1 Å². The van der Waals surface area contributed by atoms with Gasteiger partial charge < -0.3 is 15.5 Å². The summed E-state index contributed by atoms with van der Waals surface area (Å²) >= 11 is 5.60. The highest BCUT2D eigenvalue weighted by atomic mass is 35.5. The van der Waals surface area contributed by atoms with Crippen molar-refractivity contribution >= 4 is 34.2 Å². The molecule has 1 atom stereocenters. The van der Waals surface area contributed by atoms with Gasteiger partial charge in [0.25, 0.3) is 0 Å². The first-order valence-corrected chi connectivity index (χ1v) is 8.74. The lowest BCUT2D eigenvalue weighted by Gasteiger charge is -2.12. The van der Waals surface area contributed by atoms with Crippen LogP contribution in [0, 0.1) is 6.92 Å². The highest BCUT2D eigenvalue weighted by Crippen LogP contribution is 2.27. The first kappa shape index (κ1) is 18.2. The number of aliphatic hydroxyl groups is 1. The van der Waals surface area contributed by atoms with E-state index in [1.807, 2.05) is 49.4 Å². The zero-order valence-corrected chi connectivity index (χ0v) is 15.0. The van der Waals surface area contributed by atoms with Gasteiger partial charge in [0.05, 0.1) is 28.8 Å². The Balaban J connectivity index is 2.02. The van der Waals surface area contributed by atoms with Gasteiger partial charge in [0.1, 0.15) is 0 Å². The van der Waals surface area contributed by atoms with Crippen molar-refractivity contribution in [3.05, 3.63) is 59.7 Å². The fourth-order valence-electron chi connectivity index (χ4n) is 2.74. The minimum atomic E-state index is -0.983. The molecule has 2 aromatic carbocycles. The van der Waals surface area contributed by atoms with Gasteiger partial charge >= 0.3 is 5.97 Å². The molecule has 3 rings (SSSR count). The molecule has 0 bridgehead atoms. The number of nitrogens with one attached hydrogen (secondary N) is 1. The summed E-state index contributed by atoms with van der Waals surface area (Å²) in [5.74, 6) is -0.830. The quantitative estimate of drug-likeness (QED) is 0.573. The van der Waals surface area contributed by atoms with Gasteiger partial charge in [-0.25, -0.2) is 9.78 Å². The van der Waals surface area contributed by atoms with Crippen LogP contribution in [0.4, 0.5) is 5.69 Å². The Morgan fingerprint density at radius 3 is 2.77 bits per heavy atom. The van der Waals surface area contributed by atoms with Crippen molar-refractivity contribution in [2.75, 3.05) is 17.7 Å². The van der Waals surface area contributed by atoms with Crippen LogP contribution >= 0.6 is 11.6 Å². The SMILES string of the molecule is Cc1ccc2nc(-c3cccc(NCC(O)CCl)c3)cc(C(=O)O)c2c1. The van der Waals surface area contributed by atoms with E-state index in [0.717, 1.165) is 16.8 Å². The number of nitrogens with zero attached hydrogens (tertiary/aromatic N) is 1. The number of aliphatic hydroxyl groups excluding tert-OH is 1. The topological polar surface area (TPSA) is 82.5 Å². The van der Waals surface area contributed by atoms with Gasteiger partial charge in [0, 0.05) is 23.2 Å². The van der Waals surface area contributed by atoms with Crippen molar-refractivity contribution in [3.63, 3.8) is 0 Å². The molecular weight excluding hydrogens is 352 g/mol. The highest BCUT2D eigenvalue weighted by molar-refractivity contribution is 6.18. The van der Waals surface area contributed by atoms with Crippen molar-refractivity contribution < 1.29 is 15.0 Å². The zero-order chi connectivity index (χ0) is 18.7. The summed E-state index contributed by atoms with van der Waals surface area (Å²) in [5.41, 5.74) is 4.03. The molecule has 3 aromatic rings. The standard InChI is InChI=1S/C20H19ClN2O3/c1-12-5-6-18-16(7-12)17(20(25)26)9-19(23-18)13-3-2-4-14(8-13)22-11-15(24)10-21/h2-9,15,22,24H,10-11H2,1H3,(H,25,26). The molecule has 1 aromatic heterocycles. The molecule has 0 saturated heterocycles. The molecule has 0 aliphatic rings. The van der Waals surface area contributed by atoms with Crippen molar-refractivity contribution in [3.8, 4) is 11.3 Å². The van der Waals surface area contributed by atoms with E-state index in [9.17, 15) is 15.0 Å². The number of benzene rings is 2. The number of alkyl halides is 1. The minimum absolute atomic E-state index is 0.153. The maximum atomic E-state index is 11.7. The van der Waals surface area contributed by atoms with Gasteiger partial charge in [-0.2, -0.15) is 0 Å². The molecule has 0 aliphatic heterocycles. The smallest absolute Gasteiger partial charge is 0.336 e. The number of carbonyl (C=O) groups is 1. The summed E-state index contributed by atoms with van der Waals surface area (Å²) in [5, 5.41) is 22.9. The van der Waals surface area contributed by atoms with Gasteiger partial charge in [-0.3, -0.25) is 0 Å². The molecule has 1 heterocycles. The molecule has 26 heavy (non-hydrogen) atoms. The molecule has 5 nitrogen and oxygen atoms in total. The summed E-state index contributed by atoms with van der Waals surface area (Å²) in [7, 11) is 0. The van der Waals surface area contributed by atoms with E-state index in [-0.39, 0.29) is 11.4 Å². The van der Waals surface area contributed by atoms with Gasteiger partial charge in [0.2, 0.25) is 0 Å². The molecule has 0 saturated carbocycles. The summed E-state index contributed by atoms with van der Waals surface area (Å²) in [6.07, 6.45) is -0.638. The zero-order valence-electron chi connectivity index (χ0n) is 14.2. The number of pyridine rings is 1. The van der Waals surface area contributed by atoms with Crippen molar-refractivity contribution in [1.82, 2.24) is 4.98 Å². The van der Waals surface area contributed by atoms with E-state index in [1.165, 1.54) is 0 Å². The lowest BCUT2D eigenvalue weighted by Crippen LogP contribution is -2.20. The van der Waals surface area contributed by atoms with E-state index in [2.05, 4.69) is 10.3 Å². The number of aromatic nitrogens is 1. The van der Waals surface area contributed by atoms with E-state index in [1.54, 1.807) is 6.07 Å². The number of hydrogen-bond donors (Lipinski definition) is 3. The van der Waals surface area contributed by atoms with Crippen LogP contribution < -0.4 is 5.32 Å². The predicted molar refractivity (Wildman–Crippen MR) is 104 cm³/mol. The molecule has 0 amide bonds. The molecule has 3 N–H and O–H groups in total. The Morgan fingerprint density at radius 2 is 2.04 bits per heavy atom. The number of fused-ring (bicyclic) bond motifs is 1. The number of carboxylic acids is 1. The number of aryl methyl sites for hydroxylation is 1. The third-order valence-corrected chi connectivity index (χ3v) is 4.43. The van der Waals surface area contributed by atoms with Gasteiger partial charge in [-0.05, 0) is 37.3 Å². The Bertz CT molecular complexity index is 959. The fraction of sp³-hybridized carbons (Fsp3) is 0.200. The van der Waals surface area contributed by atoms with Crippen molar-refractivity contribution in [1.29, 1.82) is 0 Å². The summed E-state index contributed by atoms with van der Waals surface area (Å²) in [4.78, 5) is 16.3. The second-order valence-corrected chi connectivity index (χ2v) is 6.46. The summed E-state index contributed by atoms with van der Waals surface area (Å²) in [6, 6.07) is 14.6. The van der Waals surface area contributed by atoms with E-state index in [4.69, 9.17) is 11.6 Å². The largest absolute Gasteiger partial charge is 0.478 e. The van der Waals surface area contributed by atoms with Crippen LogP contribution in [0.3, 0.4) is 0 Å². The molecule has 0 fully saturated rings. The lowest BCUT2D eigenvalue weighted by atomic mass is 10.0. The monoisotopic (exact) mass is 370 g/mol. The van der Waals surface area contributed by atoms with Crippen molar-refractivity contribution in [2.24, 2.45) is 0 Å². The number of hydrogen-bond acceptors (Lipinski definition) is 4. The van der Waals surface area contributed by atoms with Crippen LogP contribution in [-0.2, 0) is 0 Å². The Hall–Kier alpha value is -2.63. The van der Waals surface area contributed by atoms with E-state index in [0.29, 0.717) is 23.1 Å². The average molecular weight is 371 g/mol. The van der Waals surface area contributed by atoms with Crippen LogP contribution in [0.25, 0.3) is 22.2 Å². The minimum Gasteiger partial charge on any atom is -0.478 e. The van der Waals surface area contributed by atoms with Crippen LogP contribution in [-0.4, -0.2) is 39.7 Å². The lowest BCUT2D eigenvalue weighted by molar-refractivity contribution is 0.0699. The van der Waals surface area contributed by atoms with E-state index >= 15 is 0 Å². The Morgan fingerprint density at radius 1 is 1.23 bits per heavy atom. The molecule has 6 heteroatoms. The number of halogens is 1. The first-order chi connectivity index (χ1) is 12.5. The maximum absolute atomic E-state index is 11.7. The third-order valence-electron chi connectivity index (χ3n) is 4.07. The molecule has 134 valence electrons. The Labute approximate surface area is 156 Å². The number of aromatic carboxylic acids is 1. The fourth-order valence-corrected chi connectivity index (χ4v) is 2.85. The van der Waals surface area contributed by atoms with Gasteiger partial charge in [0.15, 0.2) is 0 Å². The van der Waals surface area contributed by atoms with Gasteiger partial charge in [-0.1, -0.05) is 23.8 Å². The van der Waals surface area contributed by atoms with Crippen LogP contribution in [0.2, 0.25) is 0 Å².